The maximum atomic E-state index is 6.14. The van der Waals surface area contributed by atoms with Crippen molar-refractivity contribution in [2.45, 2.75) is 46.5 Å². The Morgan fingerprint density at radius 1 is 1.22 bits per heavy atom. The Balaban J connectivity index is 2.01. The van der Waals surface area contributed by atoms with E-state index in [0.717, 1.165) is 13.0 Å². The fourth-order valence-corrected chi connectivity index (χ4v) is 2.75. The Hall–Kier alpha value is -0.860. The summed E-state index contributed by atoms with van der Waals surface area (Å²) in [5.41, 5.74) is 1.37. The van der Waals surface area contributed by atoms with Crippen LogP contribution in [0.1, 0.15) is 33.3 Å². The first-order valence-electron chi connectivity index (χ1n) is 6.80. The number of benzene rings is 1. The molecule has 1 aromatic carbocycles. The largest absolute Gasteiger partial charge is 0.352 e. The van der Waals surface area contributed by atoms with E-state index in [1.165, 1.54) is 5.56 Å². The normalized spacial score (nSPS) is 27.4. The van der Waals surface area contributed by atoms with E-state index in [1.54, 1.807) is 0 Å². The topological polar surface area (TPSA) is 18.5 Å². The lowest BCUT2D eigenvalue weighted by Crippen LogP contribution is -2.48. The Bertz CT molecular complexity index is 370. The molecule has 0 aliphatic carbocycles. The molecular formula is C16H24O2. The maximum Gasteiger partial charge on any atom is 0.162 e. The van der Waals surface area contributed by atoms with E-state index in [9.17, 15) is 0 Å². The number of hydrogen-bond donors (Lipinski definition) is 0. The number of ether oxygens (including phenoxy) is 2. The second kappa shape index (κ2) is 5.41. The van der Waals surface area contributed by atoms with Gasteiger partial charge in [-0.3, -0.25) is 0 Å². The van der Waals surface area contributed by atoms with Gasteiger partial charge in [0.1, 0.15) is 0 Å². The summed E-state index contributed by atoms with van der Waals surface area (Å²) in [5, 5.41) is 0. The van der Waals surface area contributed by atoms with E-state index in [2.05, 4.69) is 52.0 Å². The molecule has 0 radical (unpaired) electrons. The van der Waals surface area contributed by atoms with Crippen LogP contribution in [0.5, 0.6) is 0 Å². The third-order valence-electron chi connectivity index (χ3n) is 3.56. The molecule has 0 N–H and O–H groups in total. The van der Waals surface area contributed by atoms with Gasteiger partial charge in [0.05, 0.1) is 12.7 Å². The maximum absolute atomic E-state index is 6.14. The van der Waals surface area contributed by atoms with Crippen LogP contribution in [0.15, 0.2) is 30.3 Å². The van der Waals surface area contributed by atoms with Gasteiger partial charge in [0.2, 0.25) is 0 Å². The van der Waals surface area contributed by atoms with E-state index in [4.69, 9.17) is 9.47 Å². The highest BCUT2D eigenvalue weighted by Gasteiger charge is 2.39. The van der Waals surface area contributed by atoms with Crippen LogP contribution in [0.3, 0.4) is 0 Å². The van der Waals surface area contributed by atoms with E-state index in [-0.39, 0.29) is 17.8 Å². The zero-order valence-corrected chi connectivity index (χ0v) is 11.8. The van der Waals surface area contributed by atoms with Crippen LogP contribution in [0, 0.1) is 11.3 Å². The van der Waals surface area contributed by atoms with Crippen molar-refractivity contribution < 1.29 is 9.47 Å². The predicted octanol–water partition coefficient (Wildman–Crippen LogP) is 3.65. The van der Waals surface area contributed by atoms with Gasteiger partial charge >= 0.3 is 0 Å². The Morgan fingerprint density at radius 2 is 1.89 bits per heavy atom. The summed E-state index contributed by atoms with van der Waals surface area (Å²) in [6.07, 6.45) is 0.993. The van der Waals surface area contributed by atoms with Crippen LogP contribution >= 0.6 is 0 Å². The Morgan fingerprint density at radius 3 is 2.50 bits per heavy atom. The van der Waals surface area contributed by atoms with Gasteiger partial charge in [0, 0.05) is 11.8 Å². The Kier molecular flexibility index (Phi) is 4.08. The molecule has 2 nitrogen and oxygen atoms in total. The zero-order valence-electron chi connectivity index (χ0n) is 11.8. The lowest BCUT2D eigenvalue weighted by atomic mass is 9.80. The van der Waals surface area contributed by atoms with Crippen LogP contribution in [0.4, 0.5) is 0 Å². The molecule has 100 valence electrons. The standard InChI is InChI=1S/C16H24O2/c1-12(2)15-16(3,4)11-17-14(18-15)10-13-8-6-5-7-9-13/h5-9,12,14-15H,10-11H2,1-4H3/t14-,15+/m1/s1. The molecule has 1 aliphatic heterocycles. The van der Waals surface area contributed by atoms with Crippen LogP contribution in [0.2, 0.25) is 0 Å². The fourth-order valence-electron chi connectivity index (χ4n) is 2.75. The summed E-state index contributed by atoms with van der Waals surface area (Å²) >= 11 is 0. The van der Waals surface area contributed by atoms with Gasteiger partial charge in [-0.25, -0.2) is 0 Å². The summed E-state index contributed by atoms with van der Waals surface area (Å²) in [6, 6.07) is 10.4. The predicted molar refractivity (Wildman–Crippen MR) is 73.4 cm³/mol. The van der Waals surface area contributed by atoms with Crippen molar-refractivity contribution in [1.82, 2.24) is 0 Å². The molecule has 2 rings (SSSR count). The number of hydrogen-bond acceptors (Lipinski definition) is 2. The van der Waals surface area contributed by atoms with Crippen LogP contribution < -0.4 is 0 Å². The smallest absolute Gasteiger partial charge is 0.162 e. The average Bonchev–Trinajstić information content (AvgIpc) is 2.32. The van der Waals surface area contributed by atoms with Crippen molar-refractivity contribution in [2.24, 2.45) is 11.3 Å². The lowest BCUT2D eigenvalue weighted by molar-refractivity contribution is -0.268. The van der Waals surface area contributed by atoms with Gasteiger partial charge in [-0.15, -0.1) is 0 Å². The number of rotatable bonds is 3. The summed E-state index contributed by atoms with van der Waals surface area (Å²) in [7, 11) is 0. The van der Waals surface area contributed by atoms with E-state index < -0.39 is 0 Å². The van der Waals surface area contributed by atoms with Crippen molar-refractivity contribution in [3.63, 3.8) is 0 Å². The molecule has 2 heteroatoms. The quantitative estimate of drug-likeness (QED) is 0.813. The fraction of sp³-hybridized carbons (Fsp3) is 0.625. The van der Waals surface area contributed by atoms with Crippen LogP contribution in [-0.4, -0.2) is 19.0 Å². The first-order chi connectivity index (χ1) is 8.49. The molecule has 1 aliphatic rings. The van der Waals surface area contributed by atoms with Crippen molar-refractivity contribution in [2.75, 3.05) is 6.61 Å². The van der Waals surface area contributed by atoms with Gasteiger partial charge < -0.3 is 9.47 Å². The van der Waals surface area contributed by atoms with Crippen molar-refractivity contribution in [3.05, 3.63) is 35.9 Å². The lowest BCUT2D eigenvalue weighted by Gasteiger charge is -2.44. The van der Waals surface area contributed by atoms with Gasteiger partial charge in [-0.05, 0) is 11.5 Å². The molecule has 0 saturated carbocycles. The van der Waals surface area contributed by atoms with E-state index >= 15 is 0 Å². The van der Waals surface area contributed by atoms with Crippen LogP contribution in [0.25, 0.3) is 0 Å². The van der Waals surface area contributed by atoms with E-state index in [1.807, 2.05) is 6.07 Å². The average molecular weight is 248 g/mol. The monoisotopic (exact) mass is 248 g/mol. The Labute approximate surface area is 110 Å². The molecular weight excluding hydrogens is 224 g/mol. The first-order valence-corrected chi connectivity index (χ1v) is 6.80. The molecule has 0 spiro atoms. The zero-order chi connectivity index (χ0) is 13.2. The summed E-state index contributed by atoms with van der Waals surface area (Å²) in [5.74, 6) is 0.516. The SMILES string of the molecule is CC(C)[C@@H]1O[C@H](Cc2ccccc2)OCC1(C)C. The minimum absolute atomic E-state index is 0.0986. The highest BCUT2D eigenvalue weighted by Crippen LogP contribution is 2.35. The van der Waals surface area contributed by atoms with Gasteiger partial charge in [-0.2, -0.15) is 0 Å². The van der Waals surface area contributed by atoms with Gasteiger partial charge in [0.25, 0.3) is 0 Å². The highest BCUT2D eigenvalue weighted by molar-refractivity contribution is 5.15. The molecule has 0 amide bonds. The summed E-state index contributed by atoms with van der Waals surface area (Å²) < 4.78 is 12.0. The van der Waals surface area contributed by atoms with Crippen molar-refractivity contribution >= 4 is 0 Å². The minimum Gasteiger partial charge on any atom is -0.352 e. The highest BCUT2D eigenvalue weighted by atomic mass is 16.7. The molecule has 0 aromatic heterocycles. The molecule has 1 aromatic rings. The third-order valence-corrected chi connectivity index (χ3v) is 3.56. The summed E-state index contributed by atoms with van der Waals surface area (Å²) in [6.45, 7) is 9.65. The second-order valence-corrected chi connectivity index (χ2v) is 6.22. The second-order valence-electron chi connectivity index (χ2n) is 6.22. The molecule has 1 heterocycles. The molecule has 1 saturated heterocycles. The molecule has 1 fully saturated rings. The van der Waals surface area contributed by atoms with Crippen molar-refractivity contribution in [3.8, 4) is 0 Å². The van der Waals surface area contributed by atoms with E-state index in [0.29, 0.717) is 5.92 Å². The third kappa shape index (κ3) is 3.12. The summed E-state index contributed by atoms with van der Waals surface area (Å²) in [4.78, 5) is 0. The first kappa shape index (κ1) is 13.6. The minimum atomic E-state index is -0.104. The molecule has 18 heavy (non-hydrogen) atoms. The van der Waals surface area contributed by atoms with Gasteiger partial charge in [0.15, 0.2) is 6.29 Å². The van der Waals surface area contributed by atoms with Crippen molar-refractivity contribution in [1.29, 1.82) is 0 Å². The van der Waals surface area contributed by atoms with Crippen LogP contribution in [-0.2, 0) is 15.9 Å². The molecule has 0 bridgehead atoms. The molecule has 2 atom stereocenters. The van der Waals surface area contributed by atoms with Gasteiger partial charge in [-0.1, -0.05) is 58.0 Å². The molecule has 0 unspecified atom stereocenters.